The maximum Gasteiger partial charge on any atom is 0.297 e. The Morgan fingerprint density at radius 3 is 1.44 bits per heavy atom. The Hall–Kier alpha value is -2.96. The smallest absolute Gasteiger partial charge is 0.282 e. The van der Waals surface area contributed by atoms with Crippen LogP contribution in [-0.4, -0.2) is 51.9 Å². The van der Waals surface area contributed by atoms with E-state index in [0.29, 0.717) is 6.07 Å². The summed E-state index contributed by atoms with van der Waals surface area (Å²) < 4.78 is 126. The summed E-state index contributed by atoms with van der Waals surface area (Å²) in [4.78, 5) is -4.38. The van der Waals surface area contributed by atoms with E-state index in [2.05, 4.69) is 0 Å². The van der Waals surface area contributed by atoms with Crippen molar-refractivity contribution in [3.63, 3.8) is 0 Å². The van der Waals surface area contributed by atoms with Crippen LogP contribution in [0.15, 0.2) is 92.4 Å². The molecule has 0 aromatic heterocycles. The fraction of sp³-hybridized carbons (Fsp3) is 0. The molecule has 36 heavy (non-hydrogen) atoms. The zero-order chi connectivity index (χ0) is 27.1. The minimum Gasteiger partial charge on any atom is -0.282 e. The van der Waals surface area contributed by atoms with Crippen molar-refractivity contribution in [3.05, 3.63) is 72.8 Å². The molecule has 0 bridgehead atoms. The van der Waals surface area contributed by atoms with Crippen molar-refractivity contribution in [1.29, 1.82) is 0 Å². The lowest BCUT2D eigenvalue weighted by Gasteiger charge is -2.12. The molecule has 0 amide bonds. The Balaban J connectivity index is 0.000000221. The highest BCUT2D eigenvalue weighted by molar-refractivity contribution is 7.90. The van der Waals surface area contributed by atoms with Gasteiger partial charge in [0, 0.05) is 5.39 Å². The van der Waals surface area contributed by atoms with Crippen molar-refractivity contribution in [2.45, 2.75) is 19.6 Å². The van der Waals surface area contributed by atoms with Crippen LogP contribution in [0, 0.1) is 0 Å². The van der Waals surface area contributed by atoms with Crippen molar-refractivity contribution < 1.29 is 51.9 Å². The third-order valence-electron chi connectivity index (χ3n) is 4.73. The molecule has 12 nitrogen and oxygen atoms in total. The molecule has 192 valence electrons. The average molecular weight is 577 g/mol. The number of hydrogen-bond donors (Lipinski definition) is 4. The largest absolute Gasteiger partial charge is 0.297 e. The molecule has 0 fully saturated rings. The van der Waals surface area contributed by atoms with Crippen molar-refractivity contribution >= 4 is 62.0 Å². The molecule has 0 unspecified atom stereocenters. The number of benzene rings is 4. The van der Waals surface area contributed by atoms with Crippen LogP contribution >= 0.6 is 0 Å². The lowest BCUT2D eigenvalue weighted by Crippen LogP contribution is -2.15. The van der Waals surface area contributed by atoms with E-state index < -0.39 is 55.2 Å². The molecule has 0 aliphatic rings. The van der Waals surface area contributed by atoms with Crippen LogP contribution in [0.25, 0.3) is 21.5 Å². The molecule has 0 saturated heterocycles. The van der Waals surface area contributed by atoms with Crippen molar-refractivity contribution in [3.8, 4) is 0 Å². The third-order valence-corrected chi connectivity index (χ3v) is 8.60. The van der Waals surface area contributed by atoms with Crippen LogP contribution in [0.4, 0.5) is 0 Å². The lowest BCUT2D eigenvalue weighted by molar-refractivity contribution is 0.457. The van der Waals surface area contributed by atoms with Gasteiger partial charge in [0.1, 0.15) is 14.7 Å². The van der Waals surface area contributed by atoms with Crippen LogP contribution in [0.3, 0.4) is 0 Å². The highest BCUT2D eigenvalue weighted by Crippen LogP contribution is 2.35. The summed E-state index contributed by atoms with van der Waals surface area (Å²) in [5, 5.41) is 1.31. The molecule has 0 radical (unpaired) electrons. The Labute approximate surface area is 205 Å². The number of hydrogen-bond acceptors (Lipinski definition) is 8. The first-order valence-electron chi connectivity index (χ1n) is 9.35. The second-order valence-electron chi connectivity index (χ2n) is 7.16. The predicted octanol–water partition coefficient (Wildman–Crippen LogP) is 2.67. The second-order valence-corrected chi connectivity index (χ2v) is 12.7. The molecule has 4 aromatic rings. The quantitative estimate of drug-likeness (QED) is 0.258. The van der Waals surface area contributed by atoms with Crippen LogP contribution < -0.4 is 0 Å². The monoisotopic (exact) mass is 576 g/mol. The highest BCUT2D eigenvalue weighted by Gasteiger charge is 2.34. The van der Waals surface area contributed by atoms with E-state index in [0.717, 1.165) is 16.8 Å². The minimum absolute atomic E-state index is 0.0730. The van der Waals surface area contributed by atoms with E-state index in [4.69, 9.17) is 13.7 Å². The summed E-state index contributed by atoms with van der Waals surface area (Å²) in [7, 11) is -19.9. The molecular weight excluding hydrogens is 560 g/mol. The van der Waals surface area contributed by atoms with Gasteiger partial charge in [0.15, 0.2) is 0 Å². The van der Waals surface area contributed by atoms with Crippen LogP contribution in [0.5, 0.6) is 0 Å². The lowest BCUT2D eigenvalue weighted by atomic mass is 10.1. The Kier molecular flexibility index (Phi) is 7.28. The Bertz CT molecular complexity index is 1930. The molecule has 4 rings (SSSR count). The van der Waals surface area contributed by atoms with Gasteiger partial charge in [-0.15, -0.1) is 0 Å². The zero-order valence-electron chi connectivity index (χ0n) is 17.6. The standard InChI is InChI=1S/C10H8O9S3.C10H8O3S/c11-20(12,13)8-5-6-3-1-2-4-7(6)9(21(14,15)16)10(8)22(17,18)19;11-14(12,13)10-6-5-8-3-1-2-4-9(8)7-10/h1-5H,(H,11,12,13)(H,14,15,16)(H,17,18,19);1-7H,(H,11,12,13). The van der Waals surface area contributed by atoms with Gasteiger partial charge in [0.25, 0.3) is 40.5 Å². The maximum atomic E-state index is 11.5. The highest BCUT2D eigenvalue weighted by atomic mass is 32.2. The van der Waals surface area contributed by atoms with Gasteiger partial charge >= 0.3 is 0 Å². The van der Waals surface area contributed by atoms with Crippen LogP contribution in [0.1, 0.15) is 0 Å². The van der Waals surface area contributed by atoms with Gasteiger partial charge in [-0.25, -0.2) is 0 Å². The van der Waals surface area contributed by atoms with E-state index in [9.17, 15) is 38.2 Å². The van der Waals surface area contributed by atoms with E-state index in [1.165, 1.54) is 30.3 Å². The summed E-state index contributed by atoms with van der Waals surface area (Å²) in [5.41, 5.74) is 0. The molecule has 0 aliphatic carbocycles. The molecule has 0 atom stereocenters. The first-order chi connectivity index (χ1) is 16.4. The van der Waals surface area contributed by atoms with E-state index in [1.807, 2.05) is 18.2 Å². The SMILES string of the molecule is O=S(=O)(O)c1cc2ccccc2c(S(=O)(=O)O)c1S(=O)(=O)O.O=S(=O)(O)c1ccc2ccccc2c1. The van der Waals surface area contributed by atoms with E-state index in [1.54, 1.807) is 12.1 Å². The molecule has 4 N–H and O–H groups in total. The summed E-state index contributed by atoms with van der Waals surface area (Å²) in [5.74, 6) is 0. The number of fused-ring (bicyclic) bond motifs is 2. The van der Waals surface area contributed by atoms with Crippen molar-refractivity contribution in [1.82, 2.24) is 0 Å². The van der Waals surface area contributed by atoms with Gasteiger partial charge in [-0.3, -0.25) is 18.2 Å². The topological polar surface area (TPSA) is 217 Å². The van der Waals surface area contributed by atoms with Crippen LogP contribution in [0.2, 0.25) is 0 Å². The minimum atomic E-state index is -5.40. The van der Waals surface area contributed by atoms with Crippen LogP contribution in [-0.2, 0) is 40.5 Å². The molecule has 16 heteroatoms. The normalized spacial score (nSPS) is 12.8. The second kappa shape index (κ2) is 9.49. The Morgan fingerprint density at radius 1 is 0.444 bits per heavy atom. The fourth-order valence-corrected chi connectivity index (χ4v) is 7.21. The summed E-state index contributed by atoms with van der Waals surface area (Å²) in [6.07, 6.45) is 0. The summed E-state index contributed by atoms with van der Waals surface area (Å²) in [6.45, 7) is 0. The van der Waals surface area contributed by atoms with Crippen molar-refractivity contribution in [2.75, 3.05) is 0 Å². The Morgan fingerprint density at radius 2 is 0.944 bits per heavy atom. The van der Waals surface area contributed by atoms with Crippen molar-refractivity contribution in [2.24, 2.45) is 0 Å². The molecule has 0 heterocycles. The molecule has 0 spiro atoms. The fourth-order valence-electron chi connectivity index (χ4n) is 3.29. The maximum absolute atomic E-state index is 11.5. The van der Waals surface area contributed by atoms with E-state index >= 15 is 0 Å². The molecule has 0 saturated carbocycles. The first-order valence-corrected chi connectivity index (χ1v) is 15.1. The summed E-state index contributed by atoms with van der Waals surface area (Å²) in [6, 6.07) is 17.5. The third kappa shape index (κ3) is 6.05. The zero-order valence-corrected chi connectivity index (χ0v) is 20.9. The van der Waals surface area contributed by atoms with Gasteiger partial charge in [0.05, 0.1) is 4.90 Å². The summed E-state index contributed by atoms with van der Waals surface area (Å²) >= 11 is 0. The molecule has 0 aliphatic heterocycles. The van der Waals surface area contributed by atoms with Gasteiger partial charge < -0.3 is 0 Å². The van der Waals surface area contributed by atoms with Gasteiger partial charge in [-0.1, -0.05) is 54.6 Å². The molecular formula is C20H16O12S4. The van der Waals surface area contributed by atoms with Gasteiger partial charge in [0.2, 0.25) is 0 Å². The molecule has 4 aromatic carbocycles. The predicted molar refractivity (Wildman–Crippen MR) is 127 cm³/mol. The van der Waals surface area contributed by atoms with E-state index in [-0.39, 0.29) is 15.7 Å². The first kappa shape index (κ1) is 27.6. The van der Waals surface area contributed by atoms with Gasteiger partial charge in [-0.2, -0.15) is 33.7 Å². The van der Waals surface area contributed by atoms with Gasteiger partial charge in [-0.05, 0) is 34.4 Å². The average Bonchev–Trinajstić information content (AvgIpc) is 2.75. The number of rotatable bonds is 4.